The van der Waals surface area contributed by atoms with Gasteiger partial charge in [-0.15, -0.1) is 0 Å². The fourth-order valence-electron chi connectivity index (χ4n) is 1.97. The Hall–Kier alpha value is -1.40. The van der Waals surface area contributed by atoms with E-state index in [-0.39, 0.29) is 35.2 Å². The van der Waals surface area contributed by atoms with E-state index in [0.29, 0.717) is 0 Å². The molecule has 1 amide bonds. The molecule has 0 saturated heterocycles. The maximum Gasteiger partial charge on any atom is 0.240 e. The predicted molar refractivity (Wildman–Crippen MR) is 88.2 cm³/mol. The molecule has 0 unspecified atom stereocenters. The first-order valence-corrected chi connectivity index (χ1v) is 8.91. The van der Waals surface area contributed by atoms with Gasteiger partial charge in [0.25, 0.3) is 0 Å². The van der Waals surface area contributed by atoms with Crippen LogP contribution in [0.25, 0.3) is 0 Å². The number of nitrogens with one attached hydrogen (secondary N) is 2. The third kappa shape index (κ3) is 5.10. The van der Waals surface area contributed by atoms with E-state index in [0.717, 1.165) is 5.56 Å². The smallest absolute Gasteiger partial charge is 0.240 e. The lowest BCUT2D eigenvalue weighted by Crippen LogP contribution is -2.37. The quantitative estimate of drug-likeness (QED) is 0.786. The van der Waals surface area contributed by atoms with E-state index in [2.05, 4.69) is 10.0 Å². The Morgan fingerprint density at radius 1 is 1.14 bits per heavy atom. The highest BCUT2D eigenvalue weighted by Crippen LogP contribution is 2.28. The molecule has 0 atom stereocenters. The summed E-state index contributed by atoms with van der Waals surface area (Å²) < 4.78 is 27.4. The largest absolute Gasteiger partial charge is 0.355 e. The minimum atomic E-state index is -3.59. The van der Waals surface area contributed by atoms with E-state index in [1.807, 2.05) is 32.9 Å². The SMILES string of the molecule is CC(C)C(=O)NCCNS(=O)(=O)c1ccccc1C(C)(C)C. The summed E-state index contributed by atoms with van der Waals surface area (Å²) in [5.74, 6) is -0.201. The van der Waals surface area contributed by atoms with Gasteiger partial charge < -0.3 is 5.32 Å². The van der Waals surface area contributed by atoms with Crippen molar-refractivity contribution >= 4 is 15.9 Å². The molecule has 0 radical (unpaired) electrons. The lowest BCUT2D eigenvalue weighted by Gasteiger charge is -2.22. The second-order valence-corrected chi connectivity index (χ2v) is 8.33. The molecular weight excluding hydrogens is 300 g/mol. The van der Waals surface area contributed by atoms with Gasteiger partial charge in [-0.3, -0.25) is 4.79 Å². The summed E-state index contributed by atoms with van der Waals surface area (Å²) in [5.41, 5.74) is 0.505. The summed E-state index contributed by atoms with van der Waals surface area (Å²) in [6.07, 6.45) is 0. The van der Waals surface area contributed by atoms with Gasteiger partial charge in [-0.05, 0) is 17.0 Å². The molecule has 22 heavy (non-hydrogen) atoms. The monoisotopic (exact) mass is 326 g/mol. The van der Waals surface area contributed by atoms with Gasteiger partial charge in [0.1, 0.15) is 0 Å². The van der Waals surface area contributed by atoms with Gasteiger partial charge in [0.05, 0.1) is 4.90 Å². The molecule has 0 spiro atoms. The molecule has 0 heterocycles. The molecule has 0 fully saturated rings. The highest BCUT2D eigenvalue weighted by molar-refractivity contribution is 7.89. The maximum atomic E-state index is 12.5. The molecule has 0 aliphatic heterocycles. The topological polar surface area (TPSA) is 75.3 Å². The van der Waals surface area contributed by atoms with Crippen LogP contribution in [0.15, 0.2) is 29.2 Å². The molecule has 0 saturated carbocycles. The van der Waals surface area contributed by atoms with Crippen molar-refractivity contribution in [2.75, 3.05) is 13.1 Å². The highest BCUT2D eigenvalue weighted by Gasteiger charge is 2.24. The molecule has 0 aromatic heterocycles. The van der Waals surface area contributed by atoms with Crippen molar-refractivity contribution in [2.24, 2.45) is 5.92 Å². The molecule has 2 N–H and O–H groups in total. The number of amides is 1. The van der Waals surface area contributed by atoms with E-state index >= 15 is 0 Å². The van der Waals surface area contributed by atoms with Crippen LogP contribution in [0.1, 0.15) is 40.2 Å². The average molecular weight is 326 g/mol. The number of carbonyl (C=O) groups excluding carboxylic acids is 1. The van der Waals surface area contributed by atoms with Crippen molar-refractivity contribution in [3.05, 3.63) is 29.8 Å². The van der Waals surface area contributed by atoms with Crippen LogP contribution < -0.4 is 10.0 Å². The van der Waals surface area contributed by atoms with Crippen molar-refractivity contribution in [3.63, 3.8) is 0 Å². The lowest BCUT2D eigenvalue weighted by atomic mass is 9.87. The van der Waals surface area contributed by atoms with Crippen LogP contribution in [-0.4, -0.2) is 27.4 Å². The molecule has 0 aliphatic rings. The van der Waals surface area contributed by atoms with E-state index < -0.39 is 10.0 Å². The molecule has 1 aromatic rings. The second kappa shape index (κ2) is 7.24. The first kappa shape index (κ1) is 18.6. The summed E-state index contributed by atoms with van der Waals surface area (Å²) in [6.45, 7) is 9.95. The zero-order valence-corrected chi connectivity index (χ0v) is 14.8. The fraction of sp³-hybridized carbons (Fsp3) is 0.562. The molecule has 6 heteroatoms. The lowest BCUT2D eigenvalue weighted by molar-refractivity contribution is -0.123. The summed E-state index contributed by atoms with van der Waals surface area (Å²) in [5, 5.41) is 2.69. The third-order valence-corrected chi connectivity index (χ3v) is 4.74. The number of benzene rings is 1. The Morgan fingerprint density at radius 3 is 2.27 bits per heavy atom. The number of hydrogen-bond donors (Lipinski definition) is 2. The van der Waals surface area contributed by atoms with E-state index in [9.17, 15) is 13.2 Å². The Labute approximate surface area is 133 Å². The fourth-order valence-corrected chi connectivity index (χ4v) is 3.42. The normalized spacial score (nSPS) is 12.5. The Bertz CT molecular complexity index is 617. The van der Waals surface area contributed by atoms with Crippen molar-refractivity contribution in [2.45, 2.75) is 44.9 Å². The first-order chi connectivity index (χ1) is 10.1. The third-order valence-electron chi connectivity index (χ3n) is 3.23. The van der Waals surface area contributed by atoms with Crippen molar-refractivity contribution in [1.29, 1.82) is 0 Å². The van der Waals surface area contributed by atoms with E-state index in [1.54, 1.807) is 26.0 Å². The van der Waals surface area contributed by atoms with Gasteiger partial charge in [0, 0.05) is 19.0 Å². The van der Waals surface area contributed by atoms with Crippen molar-refractivity contribution < 1.29 is 13.2 Å². The first-order valence-electron chi connectivity index (χ1n) is 7.42. The minimum absolute atomic E-state index is 0.0886. The zero-order valence-electron chi connectivity index (χ0n) is 13.9. The molecule has 0 aliphatic carbocycles. The van der Waals surface area contributed by atoms with Gasteiger partial charge in [-0.25, -0.2) is 13.1 Å². The minimum Gasteiger partial charge on any atom is -0.355 e. The maximum absolute atomic E-state index is 12.5. The summed E-state index contributed by atoms with van der Waals surface area (Å²) in [4.78, 5) is 11.7. The van der Waals surface area contributed by atoms with Crippen molar-refractivity contribution in [3.8, 4) is 0 Å². The van der Waals surface area contributed by atoms with Crippen LogP contribution >= 0.6 is 0 Å². The van der Waals surface area contributed by atoms with E-state index in [1.165, 1.54) is 0 Å². The number of sulfonamides is 1. The number of carbonyl (C=O) groups is 1. The van der Waals surface area contributed by atoms with Crippen LogP contribution in [-0.2, 0) is 20.2 Å². The summed E-state index contributed by atoms with van der Waals surface area (Å²) in [6, 6.07) is 6.98. The summed E-state index contributed by atoms with van der Waals surface area (Å²) >= 11 is 0. The highest BCUT2D eigenvalue weighted by atomic mass is 32.2. The van der Waals surface area contributed by atoms with Gasteiger partial charge >= 0.3 is 0 Å². The van der Waals surface area contributed by atoms with Crippen LogP contribution in [0.5, 0.6) is 0 Å². The Kier molecular flexibility index (Phi) is 6.14. The zero-order chi connectivity index (χ0) is 17.0. The predicted octanol–water partition coefficient (Wildman–Crippen LogP) is 2.03. The standard InChI is InChI=1S/C16H26N2O3S/c1-12(2)15(19)17-10-11-18-22(20,21)14-9-7-6-8-13(14)16(3,4)5/h6-9,12,18H,10-11H2,1-5H3,(H,17,19). The number of rotatable bonds is 6. The van der Waals surface area contributed by atoms with Gasteiger partial charge in [-0.1, -0.05) is 52.8 Å². The summed E-state index contributed by atoms with van der Waals surface area (Å²) in [7, 11) is -3.59. The van der Waals surface area contributed by atoms with Crippen LogP contribution in [0.2, 0.25) is 0 Å². The molecule has 1 rings (SSSR count). The van der Waals surface area contributed by atoms with Crippen LogP contribution in [0.3, 0.4) is 0 Å². The molecule has 124 valence electrons. The van der Waals surface area contributed by atoms with Gasteiger partial charge in [0.15, 0.2) is 0 Å². The average Bonchev–Trinajstić information content (AvgIpc) is 2.42. The Balaban J connectivity index is 2.78. The second-order valence-electron chi connectivity index (χ2n) is 6.59. The van der Waals surface area contributed by atoms with Gasteiger partial charge in [-0.2, -0.15) is 0 Å². The van der Waals surface area contributed by atoms with Crippen LogP contribution in [0.4, 0.5) is 0 Å². The van der Waals surface area contributed by atoms with E-state index in [4.69, 9.17) is 0 Å². The van der Waals surface area contributed by atoms with Crippen molar-refractivity contribution in [1.82, 2.24) is 10.0 Å². The van der Waals surface area contributed by atoms with Gasteiger partial charge in [0.2, 0.25) is 15.9 Å². The number of hydrogen-bond acceptors (Lipinski definition) is 3. The van der Waals surface area contributed by atoms with Crippen LogP contribution in [0, 0.1) is 5.92 Å². The molecule has 1 aromatic carbocycles. The molecular formula is C16H26N2O3S. The Morgan fingerprint density at radius 2 is 1.73 bits per heavy atom. The molecule has 0 bridgehead atoms. The molecule has 5 nitrogen and oxygen atoms in total.